The third-order valence-electron chi connectivity index (χ3n) is 4.58. The second-order valence-corrected chi connectivity index (χ2v) is 5.95. The molecule has 22 heavy (non-hydrogen) atoms. The quantitative estimate of drug-likeness (QED) is 0.683. The van der Waals surface area contributed by atoms with Gasteiger partial charge in [-0.05, 0) is 67.3 Å². The lowest BCUT2D eigenvalue weighted by Crippen LogP contribution is -2.11. The molecular weight excluding hydrogens is 280 g/mol. The molecule has 0 bridgehead atoms. The number of benzene rings is 1. The van der Waals surface area contributed by atoms with E-state index in [1.165, 1.54) is 24.5 Å². The molecule has 1 heterocycles. The fourth-order valence-electron chi connectivity index (χ4n) is 3.16. The van der Waals surface area contributed by atoms with E-state index in [1.54, 1.807) is 6.07 Å². The molecule has 0 aliphatic heterocycles. The van der Waals surface area contributed by atoms with E-state index in [0.29, 0.717) is 23.1 Å². The van der Waals surface area contributed by atoms with Crippen molar-refractivity contribution < 1.29 is 8.78 Å². The summed E-state index contributed by atoms with van der Waals surface area (Å²) in [6.45, 7) is 3.87. The molecule has 2 aromatic rings. The van der Waals surface area contributed by atoms with Crippen LogP contribution in [0.3, 0.4) is 0 Å². The maximum absolute atomic E-state index is 13.3. The van der Waals surface area contributed by atoms with Crippen molar-refractivity contribution in [3.63, 3.8) is 0 Å². The highest BCUT2D eigenvalue weighted by Crippen LogP contribution is 2.36. The second-order valence-electron chi connectivity index (χ2n) is 5.95. The Balaban J connectivity index is 1.75. The first kappa shape index (κ1) is 14.9. The van der Waals surface area contributed by atoms with E-state index in [9.17, 15) is 8.78 Å². The van der Waals surface area contributed by atoms with Gasteiger partial charge < -0.3 is 0 Å². The Labute approximate surface area is 129 Å². The SMILES string of the molecule is C=C[C@H]1CC[C@H](c2ccc(-c3ccc(F)c(F)c3)nc2)CC1. The molecule has 1 aliphatic rings. The highest BCUT2D eigenvalue weighted by molar-refractivity contribution is 5.59. The highest BCUT2D eigenvalue weighted by Gasteiger charge is 2.20. The predicted molar refractivity (Wildman–Crippen MR) is 84.5 cm³/mol. The number of hydrogen-bond acceptors (Lipinski definition) is 1. The number of aromatic nitrogens is 1. The van der Waals surface area contributed by atoms with Gasteiger partial charge in [0, 0.05) is 11.8 Å². The molecule has 0 N–H and O–H groups in total. The predicted octanol–water partition coefficient (Wildman–Crippen LogP) is 5.49. The number of rotatable bonds is 3. The van der Waals surface area contributed by atoms with Crippen LogP contribution < -0.4 is 0 Å². The summed E-state index contributed by atoms with van der Waals surface area (Å²) >= 11 is 0. The average Bonchev–Trinajstić information content (AvgIpc) is 2.58. The van der Waals surface area contributed by atoms with Gasteiger partial charge in [0.05, 0.1) is 5.69 Å². The fraction of sp³-hybridized carbons (Fsp3) is 0.316. The Morgan fingerprint density at radius 1 is 1.00 bits per heavy atom. The van der Waals surface area contributed by atoms with Gasteiger partial charge in [0.2, 0.25) is 0 Å². The normalized spacial score (nSPS) is 21.5. The molecule has 0 atom stereocenters. The molecule has 0 spiro atoms. The number of pyridine rings is 1. The van der Waals surface area contributed by atoms with Gasteiger partial charge in [-0.3, -0.25) is 4.98 Å². The Bertz CT molecular complexity index is 656. The molecule has 0 unspecified atom stereocenters. The Morgan fingerprint density at radius 2 is 1.77 bits per heavy atom. The molecule has 0 radical (unpaired) electrons. The van der Waals surface area contributed by atoms with E-state index in [0.717, 1.165) is 18.9 Å². The summed E-state index contributed by atoms with van der Waals surface area (Å²) in [6, 6.07) is 7.82. The number of allylic oxidation sites excluding steroid dienone is 1. The molecule has 3 rings (SSSR count). The second kappa shape index (κ2) is 6.39. The van der Waals surface area contributed by atoms with Crippen LogP contribution in [0.15, 0.2) is 49.2 Å². The largest absolute Gasteiger partial charge is 0.256 e. The van der Waals surface area contributed by atoms with Gasteiger partial charge in [0.1, 0.15) is 0 Å². The van der Waals surface area contributed by atoms with E-state index in [1.807, 2.05) is 12.3 Å². The Morgan fingerprint density at radius 3 is 2.36 bits per heavy atom. The summed E-state index contributed by atoms with van der Waals surface area (Å²) in [5, 5.41) is 0. The van der Waals surface area contributed by atoms with Crippen molar-refractivity contribution in [3.8, 4) is 11.3 Å². The van der Waals surface area contributed by atoms with Crippen LogP contribution >= 0.6 is 0 Å². The summed E-state index contributed by atoms with van der Waals surface area (Å²) < 4.78 is 26.3. The number of halogens is 2. The zero-order valence-corrected chi connectivity index (χ0v) is 12.4. The minimum absolute atomic E-state index is 0.544. The van der Waals surface area contributed by atoms with Crippen LogP contribution in [0.1, 0.15) is 37.2 Å². The Kier molecular flexibility index (Phi) is 4.32. The van der Waals surface area contributed by atoms with Crippen molar-refractivity contribution in [1.29, 1.82) is 0 Å². The van der Waals surface area contributed by atoms with E-state index in [2.05, 4.69) is 23.7 Å². The molecule has 1 aromatic carbocycles. The van der Waals surface area contributed by atoms with E-state index in [4.69, 9.17) is 0 Å². The van der Waals surface area contributed by atoms with Crippen LogP contribution in [-0.2, 0) is 0 Å². The van der Waals surface area contributed by atoms with Gasteiger partial charge >= 0.3 is 0 Å². The molecular formula is C19H19F2N. The topological polar surface area (TPSA) is 12.9 Å². The standard InChI is InChI=1S/C19H19F2N/c1-2-13-3-5-14(6-4-13)16-8-10-19(22-12-16)15-7-9-17(20)18(21)11-15/h2,7-14H,1,3-6H2/t13-,14-. The summed E-state index contributed by atoms with van der Waals surface area (Å²) in [5.74, 6) is -0.487. The Hall–Kier alpha value is -2.03. The third-order valence-corrected chi connectivity index (χ3v) is 4.58. The van der Waals surface area contributed by atoms with Crippen LogP contribution in [0.4, 0.5) is 8.78 Å². The molecule has 0 amide bonds. The van der Waals surface area contributed by atoms with Gasteiger partial charge in [-0.15, -0.1) is 6.58 Å². The minimum Gasteiger partial charge on any atom is -0.256 e. The van der Waals surface area contributed by atoms with Crippen molar-refractivity contribution in [2.45, 2.75) is 31.6 Å². The average molecular weight is 299 g/mol. The zero-order chi connectivity index (χ0) is 15.5. The van der Waals surface area contributed by atoms with Crippen LogP contribution in [-0.4, -0.2) is 4.98 Å². The van der Waals surface area contributed by atoms with Crippen molar-refractivity contribution in [2.75, 3.05) is 0 Å². The lowest BCUT2D eigenvalue weighted by Gasteiger charge is -2.26. The molecule has 1 nitrogen and oxygen atoms in total. The van der Waals surface area contributed by atoms with Gasteiger partial charge in [0.25, 0.3) is 0 Å². The van der Waals surface area contributed by atoms with Gasteiger partial charge in [0.15, 0.2) is 11.6 Å². The molecule has 1 saturated carbocycles. The van der Waals surface area contributed by atoms with Crippen LogP contribution in [0, 0.1) is 17.6 Å². The summed E-state index contributed by atoms with van der Waals surface area (Å²) in [7, 11) is 0. The smallest absolute Gasteiger partial charge is 0.159 e. The van der Waals surface area contributed by atoms with Crippen LogP contribution in [0.2, 0.25) is 0 Å². The summed E-state index contributed by atoms with van der Waals surface area (Å²) in [4.78, 5) is 4.42. The zero-order valence-electron chi connectivity index (χ0n) is 12.4. The first-order valence-corrected chi connectivity index (χ1v) is 7.71. The van der Waals surface area contributed by atoms with Gasteiger partial charge in [-0.25, -0.2) is 8.78 Å². The molecule has 1 fully saturated rings. The van der Waals surface area contributed by atoms with Crippen molar-refractivity contribution in [3.05, 3.63) is 66.4 Å². The fourth-order valence-corrected chi connectivity index (χ4v) is 3.16. The molecule has 3 heteroatoms. The maximum Gasteiger partial charge on any atom is 0.159 e. The van der Waals surface area contributed by atoms with Crippen molar-refractivity contribution in [2.24, 2.45) is 5.92 Å². The number of hydrogen-bond donors (Lipinski definition) is 0. The van der Waals surface area contributed by atoms with E-state index >= 15 is 0 Å². The molecule has 114 valence electrons. The first-order valence-electron chi connectivity index (χ1n) is 7.71. The molecule has 1 aromatic heterocycles. The van der Waals surface area contributed by atoms with Crippen molar-refractivity contribution >= 4 is 0 Å². The van der Waals surface area contributed by atoms with Gasteiger partial charge in [-0.2, -0.15) is 0 Å². The molecule has 0 saturated heterocycles. The lowest BCUT2D eigenvalue weighted by atomic mass is 9.79. The van der Waals surface area contributed by atoms with E-state index < -0.39 is 11.6 Å². The maximum atomic E-state index is 13.3. The van der Waals surface area contributed by atoms with Crippen molar-refractivity contribution in [1.82, 2.24) is 4.98 Å². The lowest BCUT2D eigenvalue weighted by molar-refractivity contribution is 0.376. The highest BCUT2D eigenvalue weighted by atomic mass is 19.2. The van der Waals surface area contributed by atoms with Gasteiger partial charge in [-0.1, -0.05) is 12.1 Å². The summed E-state index contributed by atoms with van der Waals surface area (Å²) in [6.07, 6.45) is 8.60. The summed E-state index contributed by atoms with van der Waals surface area (Å²) in [5.41, 5.74) is 2.50. The van der Waals surface area contributed by atoms with Crippen LogP contribution in [0.5, 0.6) is 0 Å². The number of nitrogens with zero attached hydrogens (tertiary/aromatic N) is 1. The third kappa shape index (κ3) is 3.08. The monoisotopic (exact) mass is 299 g/mol. The first-order chi connectivity index (χ1) is 10.7. The molecule has 1 aliphatic carbocycles. The van der Waals surface area contributed by atoms with E-state index in [-0.39, 0.29) is 0 Å². The van der Waals surface area contributed by atoms with Crippen LogP contribution in [0.25, 0.3) is 11.3 Å². The minimum atomic E-state index is -0.842.